The maximum Gasteiger partial charge on any atom is 0.266 e. The van der Waals surface area contributed by atoms with E-state index in [4.69, 9.17) is 10.5 Å². The Morgan fingerprint density at radius 2 is 1.37 bits per heavy atom. The van der Waals surface area contributed by atoms with Crippen LogP contribution in [0.4, 0.5) is 5.69 Å². The Labute approximate surface area is 216 Å². The maximum atomic E-state index is 13.3. The van der Waals surface area contributed by atoms with Gasteiger partial charge >= 0.3 is 0 Å². The molecule has 0 saturated carbocycles. The second kappa shape index (κ2) is 9.87. The van der Waals surface area contributed by atoms with Crippen LogP contribution in [-0.2, 0) is 6.54 Å². The van der Waals surface area contributed by atoms with Crippen LogP contribution in [0.1, 0.15) is 69.2 Å². The van der Waals surface area contributed by atoms with Crippen molar-refractivity contribution >= 4 is 29.7 Å². The molecule has 1 aliphatic heterocycles. The van der Waals surface area contributed by atoms with Crippen LogP contribution in [0.15, 0.2) is 48.5 Å². The highest BCUT2D eigenvalue weighted by Gasteiger charge is 2.38. The van der Waals surface area contributed by atoms with Gasteiger partial charge in [-0.15, -0.1) is 0 Å². The van der Waals surface area contributed by atoms with E-state index in [9.17, 15) is 29.7 Å². The van der Waals surface area contributed by atoms with Crippen LogP contribution in [0.3, 0.4) is 0 Å². The number of nitrogens with zero attached hydrogens (tertiary/aromatic N) is 6. The highest BCUT2D eigenvalue weighted by atomic mass is 16.2. The van der Waals surface area contributed by atoms with E-state index in [0.717, 1.165) is 4.90 Å². The summed E-state index contributed by atoms with van der Waals surface area (Å²) < 4.78 is 0. The van der Waals surface area contributed by atoms with Gasteiger partial charge in [-0.1, -0.05) is 6.07 Å². The molecule has 1 aliphatic rings. The second-order valence-electron chi connectivity index (χ2n) is 8.27. The molecule has 0 bridgehead atoms. The van der Waals surface area contributed by atoms with Gasteiger partial charge in [0.2, 0.25) is 0 Å². The van der Waals surface area contributed by atoms with Crippen LogP contribution < -0.4 is 4.90 Å². The lowest BCUT2D eigenvalue weighted by atomic mass is 9.99. The highest BCUT2D eigenvalue weighted by Crippen LogP contribution is 2.32. The topological polar surface area (TPSA) is 170 Å². The van der Waals surface area contributed by atoms with Crippen molar-refractivity contribution in [3.63, 3.8) is 0 Å². The third-order valence-electron chi connectivity index (χ3n) is 6.01. The van der Waals surface area contributed by atoms with E-state index in [0.29, 0.717) is 11.8 Å². The van der Waals surface area contributed by atoms with Crippen molar-refractivity contribution in [3.05, 3.63) is 98.6 Å². The number of carbonyl (C=O) groups excluding carboxylic acids is 4. The lowest BCUT2D eigenvalue weighted by Gasteiger charge is -2.19. The first-order valence-corrected chi connectivity index (χ1v) is 10.9. The van der Waals surface area contributed by atoms with Gasteiger partial charge in [-0.25, -0.2) is 4.90 Å². The minimum atomic E-state index is -0.751. The smallest absolute Gasteiger partial charge is 0.266 e. The largest absolute Gasteiger partial charge is 0.337 e. The summed E-state index contributed by atoms with van der Waals surface area (Å²) in [6.45, 7) is 0.0375. The number of rotatable bonds is 5. The average Bonchev–Trinajstić information content (AvgIpc) is 3.19. The van der Waals surface area contributed by atoms with Gasteiger partial charge in [0.15, 0.2) is 6.29 Å². The molecule has 0 fully saturated rings. The number of imide groups is 1. The maximum absolute atomic E-state index is 13.3. The molecule has 3 amide bonds. The summed E-state index contributed by atoms with van der Waals surface area (Å²) in [4.78, 5) is 53.5. The molecule has 38 heavy (non-hydrogen) atoms. The van der Waals surface area contributed by atoms with E-state index < -0.39 is 17.7 Å². The van der Waals surface area contributed by atoms with E-state index in [2.05, 4.69) is 0 Å². The molecule has 4 rings (SSSR count). The van der Waals surface area contributed by atoms with Gasteiger partial charge in [0.05, 0.1) is 44.6 Å². The Kier molecular flexibility index (Phi) is 6.50. The summed E-state index contributed by atoms with van der Waals surface area (Å²) in [6.07, 6.45) is 0.409. The van der Waals surface area contributed by atoms with Crippen LogP contribution in [-0.4, -0.2) is 36.0 Å². The lowest BCUT2D eigenvalue weighted by molar-refractivity contribution is 0.0781. The van der Waals surface area contributed by atoms with E-state index in [-0.39, 0.29) is 56.7 Å². The van der Waals surface area contributed by atoms with Gasteiger partial charge < -0.3 is 4.90 Å². The van der Waals surface area contributed by atoms with Gasteiger partial charge in [-0.3, -0.25) is 19.2 Å². The zero-order valence-electron chi connectivity index (χ0n) is 19.7. The lowest BCUT2D eigenvalue weighted by Crippen LogP contribution is -2.29. The number of fused-ring (bicyclic) bond motifs is 1. The minimum absolute atomic E-state index is 0.0185. The Balaban J connectivity index is 1.69. The number of benzene rings is 3. The number of hydrogen-bond donors (Lipinski definition) is 0. The van der Waals surface area contributed by atoms with E-state index in [1.807, 2.05) is 24.3 Å². The molecule has 180 valence electrons. The van der Waals surface area contributed by atoms with E-state index in [1.54, 1.807) is 6.07 Å². The standard InChI is InChI=1S/C28H14N6O4/c1-33(14-16-2-3-17(10-29)19(6-16)12-31)26(36)23-9-25-24(8-21(23)15-35)27(37)34(28(25)38)22-5-4-18(11-30)20(7-22)13-32/h2-9,15H,14H2,1H3. The molecule has 10 heteroatoms. The molecule has 0 aliphatic carbocycles. The van der Waals surface area contributed by atoms with Crippen molar-refractivity contribution in [2.24, 2.45) is 0 Å². The first-order valence-electron chi connectivity index (χ1n) is 10.9. The predicted molar refractivity (Wildman–Crippen MR) is 131 cm³/mol. The Morgan fingerprint density at radius 3 is 1.95 bits per heavy atom. The Morgan fingerprint density at radius 1 is 0.816 bits per heavy atom. The van der Waals surface area contributed by atoms with E-state index >= 15 is 0 Å². The molecular formula is C28H14N6O4. The summed E-state index contributed by atoms with van der Waals surface area (Å²) in [7, 11) is 1.47. The molecular weight excluding hydrogens is 484 g/mol. The zero-order valence-corrected chi connectivity index (χ0v) is 19.7. The van der Waals surface area contributed by atoms with Gasteiger partial charge in [-0.05, 0) is 48.0 Å². The number of aldehydes is 1. The fourth-order valence-electron chi connectivity index (χ4n) is 4.11. The SMILES string of the molecule is CN(Cc1ccc(C#N)c(C#N)c1)C(=O)c1cc2c(cc1C=O)C(=O)N(c1ccc(C#N)c(C#N)c1)C2=O. The van der Waals surface area contributed by atoms with Crippen molar-refractivity contribution in [1.82, 2.24) is 4.90 Å². The fourth-order valence-corrected chi connectivity index (χ4v) is 4.11. The van der Waals surface area contributed by atoms with Crippen molar-refractivity contribution < 1.29 is 19.2 Å². The number of hydrogen-bond acceptors (Lipinski definition) is 8. The minimum Gasteiger partial charge on any atom is -0.337 e. The first kappa shape index (κ1) is 25.0. The third-order valence-corrected chi connectivity index (χ3v) is 6.01. The van der Waals surface area contributed by atoms with Crippen LogP contribution >= 0.6 is 0 Å². The van der Waals surface area contributed by atoms with Crippen LogP contribution in [0.5, 0.6) is 0 Å². The number of anilines is 1. The zero-order chi connectivity index (χ0) is 27.6. The summed E-state index contributed by atoms with van der Waals surface area (Å²) >= 11 is 0. The summed E-state index contributed by atoms with van der Waals surface area (Å²) in [5.74, 6) is -2.10. The van der Waals surface area contributed by atoms with Gasteiger partial charge in [-0.2, -0.15) is 21.0 Å². The molecule has 0 radical (unpaired) electrons. The molecule has 3 aromatic carbocycles. The first-order chi connectivity index (χ1) is 18.3. The van der Waals surface area contributed by atoms with Crippen LogP contribution in [0.25, 0.3) is 0 Å². The molecule has 10 nitrogen and oxygen atoms in total. The highest BCUT2D eigenvalue weighted by molar-refractivity contribution is 6.35. The summed E-state index contributed by atoms with van der Waals surface area (Å²) in [5, 5.41) is 36.8. The van der Waals surface area contributed by atoms with Crippen molar-refractivity contribution in [2.45, 2.75) is 6.54 Å². The molecule has 0 atom stereocenters. The molecule has 0 spiro atoms. The Hall–Kier alpha value is -6.10. The quantitative estimate of drug-likeness (QED) is 0.381. The second-order valence-corrected chi connectivity index (χ2v) is 8.27. The molecule has 1 heterocycles. The molecule has 0 saturated heterocycles. The van der Waals surface area contributed by atoms with Gasteiger partial charge in [0.1, 0.15) is 24.3 Å². The molecule has 0 N–H and O–H groups in total. The van der Waals surface area contributed by atoms with E-state index in [1.165, 1.54) is 54.4 Å². The van der Waals surface area contributed by atoms with Crippen molar-refractivity contribution in [3.8, 4) is 24.3 Å². The molecule has 0 aromatic heterocycles. The average molecular weight is 498 g/mol. The number of nitriles is 4. The van der Waals surface area contributed by atoms with Gasteiger partial charge in [0, 0.05) is 19.2 Å². The summed E-state index contributed by atoms with van der Waals surface area (Å²) in [6, 6.07) is 18.4. The van der Waals surface area contributed by atoms with Gasteiger partial charge in [0.25, 0.3) is 17.7 Å². The monoisotopic (exact) mass is 498 g/mol. The molecule has 0 unspecified atom stereocenters. The van der Waals surface area contributed by atoms with Crippen molar-refractivity contribution in [1.29, 1.82) is 21.0 Å². The van der Waals surface area contributed by atoms with Crippen LogP contribution in [0, 0.1) is 45.3 Å². The van der Waals surface area contributed by atoms with Crippen molar-refractivity contribution in [2.75, 3.05) is 11.9 Å². The predicted octanol–water partition coefficient (Wildman–Crippen LogP) is 3.06. The molecule has 3 aromatic rings. The van der Waals surface area contributed by atoms with Crippen LogP contribution in [0.2, 0.25) is 0 Å². The third kappa shape index (κ3) is 4.12. The normalized spacial score (nSPS) is 11.6. The number of carbonyl (C=O) groups is 4. The Bertz CT molecular complexity index is 1750. The number of amides is 3. The fraction of sp³-hybridized carbons (Fsp3) is 0.0714. The summed E-state index contributed by atoms with van der Waals surface area (Å²) in [5.41, 5.74) is 0.679.